The van der Waals surface area contributed by atoms with E-state index in [9.17, 15) is 4.79 Å². The first kappa shape index (κ1) is 10.8. The summed E-state index contributed by atoms with van der Waals surface area (Å²) in [5, 5.41) is 13.9. The first-order chi connectivity index (χ1) is 7.68. The summed E-state index contributed by atoms with van der Waals surface area (Å²) in [6, 6.07) is 6.72. The Morgan fingerprint density at radius 3 is 2.62 bits per heavy atom. The largest absolute Gasteiger partial charge is 0.293 e. The van der Waals surface area contributed by atoms with Crippen LogP contribution in [-0.2, 0) is 0 Å². The zero-order chi connectivity index (χ0) is 11.5. The van der Waals surface area contributed by atoms with Crippen molar-refractivity contribution in [3.63, 3.8) is 0 Å². The van der Waals surface area contributed by atoms with Crippen LogP contribution in [0.1, 0.15) is 29.0 Å². The number of nitrogens with zero attached hydrogens (tertiary/aromatic N) is 3. The number of carbonyl (C=O) groups is 1. The highest BCUT2D eigenvalue weighted by molar-refractivity contribution is 6.30. The molecule has 0 spiro atoms. The van der Waals surface area contributed by atoms with Gasteiger partial charge in [-0.25, -0.2) is 0 Å². The quantitative estimate of drug-likeness (QED) is 0.826. The number of halogens is 1. The van der Waals surface area contributed by atoms with Crippen LogP contribution in [0.3, 0.4) is 0 Å². The van der Waals surface area contributed by atoms with Crippen molar-refractivity contribution in [3.8, 4) is 0 Å². The van der Waals surface area contributed by atoms with Gasteiger partial charge in [0.1, 0.15) is 0 Å². The number of ketones is 1. The molecule has 0 aliphatic carbocycles. The summed E-state index contributed by atoms with van der Waals surface area (Å²) in [4.78, 5) is 12.0. The summed E-state index contributed by atoms with van der Waals surface area (Å²) in [5.74, 6) is -0.0852. The van der Waals surface area contributed by atoms with Crippen molar-refractivity contribution in [3.05, 3.63) is 40.7 Å². The Kier molecular flexibility index (Phi) is 2.96. The van der Waals surface area contributed by atoms with Crippen LogP contribution in [0.15, 0.2) is 24.3 Å². The maximum atomic E-state index is 12.0. The Morgan fingerprint density at radius 2 is 2.06 bits per heavy atom. The van der Waals surface area contributed by atoms with Gasteiger partial charge in [-0.05, 0) is 31.2 Å². The van der Waals surface area contributed by atoms with Crippen molar-refractivity contribution in [1.29, 1.82) is 0 Å². The fraction of sp³-hybridized carbons (Fsp3) is 0.200. The van der Waals surface area contributed by atoms with Crippen LogP contribution in [0.2, 0.25) is 5.02 Å². The summed E-state index contributed by atoms with van der Waals surface area (Å²) in [6.45, 7) is 1.74. The van der Waals surface area contributed by atoms with E-state index in [1.807, 2.05) is 0 Å². The predicted octanol–water partition coefficient (Wildman–Crippen LogP) is 1.84. The predicted molar refractivity (Wildman–Crippen MR) is 58.4 cm³/mol. The zero-order valence-corrected chi connectivity index (χ0v) is 9.27. The molecule has 1 heterocycles. The van der Waals surface area contributed by atoms with Crippen LogP contribution in [-0.4, -0.2) is 26.4 Å². The Hall–Kier alpha value is -1.75. The van der Waals surface area contributed by atoms with E-state index in [-0.39, 0.29) is 5.78 Å². The van der Waals surface area contributed by atoms with E-state index in [1.165, 1.54) is 0 Å². The van der Waals surface area contributed by atoms with E-state index in [0.717, 1.165) is 0 Å². The van der Waals surface area contributed by atoms with Crippen molar-refractivity contribution >= 4 is 17.4 Å². The molecule has 1 atom stereocenters. The molecular formula is C10H9ClN4O. The molecule has 1 aromatic carbocycles. The van der Waals surface area contributed by atoms with Crippen molar-refractivity contribution < 1.29 is 4.79 Å². The summed E-state index contributed by atoms with van der Waals surface area (Å²) in [7, 11) is 0. The number of H-pyrrole nitrogens is 1. The monoisotopic (exact) mass is 236 g/mol. The number of aromatic nitrogens is 4. The molecule has 1 aromatic heterocycles. The third kappa shape index (κ3) is 2.09. The second kappa shape index (κ2) is 4.40. The molecule has 1 N–H and O–H groups in total. The zero-order valence-electron chi connectivity index (χ0n) is 8.51. The molecule has 6 heteroatoms. The van der Waals surface area contributed by atoms with Crippen molar-refractivity contribution in [2.75, 3.05) is 0 Å². The van der Waals surface area contributed by atoms with Gasteiger partial charge < -0.3 is 0 Å². The number of hydrogen-bond acceptors (Lipinski definition) is 4. The number of Topliss-reactive ketones (excluding diaryl/α,β-unsaturated/α-hetero) is 1. The molecule has 0 fully saturated rings. The van der Waals surface area contributed by atoms with E-state index >= 15 is 0 Å². The lowest BCUT2D eigenvalue weighted by Crippen LogP contribution is -2.11. The van der Waals surface area contributed by atoms with Crippen LogP contribution in [0.5, 0.6) is 0 Å². The second-order valence-corrected chi connectivity index (χ2v) is 3.80. The van der Waals surface area contributed by atoms with Gasteiger partial charge in [0.15, 0.2) is 11.6 Å². The third-order valence-corrected chi connectivity index (χ3v) is 2.52. The van der Waals surface area contributed by atoms with Gasteiger partial charge in [-0.1, -0.05) is 16.8 Å². The number of rotatable bonds is 3. The van der Waals surface area contributed by atoms with Crippen molar-refractivity contribution in [2.24, 2.45) is 0 Å². The molecular weight excluding hydrogens is 228 g/mol. The normalized spacial score (nSPS) is 12.4. The highest BCUT2D eigenvalue weighted by atomic mass is 35.5. The minimum Gasteiger partial charge on any atom is -0.293 e. The van der Waals surface area contributed by atoms with E-state index in [2.05, 4.69) is 20.6 Å². The molecule has 0 saturated heterocycles. The maximum Gasteiger partial charge on any atom is 0.185 e. The Morgan fingerprint density at radius 1 is 1.38 bits per heavy atom. The van der Waals surface area contributed by atoms with Gasteiger partial charge in [-0.3, -0.25) is 4.79 Å². The molecule has 0 bridgehead atoms. The van der Waals surface area contributed by atoms with Crippen LogP contribution in [0, 0.1) is 0 Å². The first-order valence-electron chi connectivity index (χ1n) is 4.71. The Balaban J connectivity index is 2.22. The van der Waals surface area contributed by atoms with Gasteiger partial charge in [-0.2, -0.15) is 5.21 Å². The maximum absolute atomic E-state index is 12.0. The SMILES string of the molecule is CC(C(=O)c1ccc(Cl)cc1)c1nn[nH]n1. The van der Waals surface area contributed by atoms with E-state index < -0.39 is 5.92 Å². The number of tetrazole rings is 1. The van der Waals surface area contributed by atoms with Gasteiger partial charge in [0.2, 0.25) is 0 Å². The number of aromatic amines is 1. The van der Waals surface area contributed by atoms with Gasteiger partial charge in [0.25, 0.3) is 0 Å². The summed E-state index contributed by atoms with van der Waals surface area (Å²) in [5.41, 5.74) is 0.585. The number of hydrogen-bond donors (Lipinski definition) is 1. The van der Waals surface area contributed by atoms with Crippen molar-refractivity contribution in [2.45, 2.75) is 12.8 Å². The van der Waals surface area contributed by atoms with E-state index in [0.29, 0.717) is 16.4 Å². The minimum absolute atomic E-state index is 0.0573. The van der Waals surface area contributed by atoms with Crippen LogP contribution in [0.4, 0.5) is 0 Å². The van der Waals surface area contributed by atoms with Gasteiger partial charge in [0, 0.05) is 10.6 Å². The average Bonchev–Trinajstić information content (AvgIpc) is 2.81. The summed E-state index contributed by atoms with van der Waals surface area (Å²) >= 11 is 5.74. The molecule has 0 saturated carbocycles. The molecule has 0 radical (unpaired) electrons. The topological polar surface area (TPSA) is 71.5 Å². The van der Waals surface area contributed by atoms with Crippen LogP contribution < -0.4 is 0 Å². The molecule has 2 rings (SSSR count). The second-order valence-electron chi connectivity index (χ2n) is 3.36. The number of carbonyl (C=O) groups excluding carboxylic acids is 1. The van der Waals surface area contributed by atoms with E-state index in [4.69, 9.17) is 11.6 Å². The standard InChI is InChI=1S/C10H9ClN4O/c1-6(10-12-14-15-13-10)9(16)7-2-4-8(11)5-3-7/h2-6H,1H3,(H,12,13,14,15). The minimum atomic E-state index is -0.417. The molecule has 0 aliphatic rings. The third-order valence-electron chi connectivity index (χ3n) is 2.27. The number of benzene rings is 1. The van der Waals surface area contributed by atoms with Gasteiger partial charge in [0.05, 0.1) is 5.92 Å². The fourth-order valence-electron chi connectivity index (χ4n) is 1.33. The van der Waals surface area contributed by atoms with Gasteiger partial charge >= 0.3 is 0 Å². The molecule has 1 unspecified atom stereocenters. The van der Waals surface area contributed by atoms with Gasteiger partial charge in [-0.15, -0.1) is 10.2 Å². The molecule has 16 heavy (non-hydrogen) atoms. The lowest BCUT2D eigenvalue weighted by Gasteiger charge is -2.05. The Bertz CT molecular complexity index is 480. The summed E-state index contributed by atoms with van der Waals surface area (Å²) < 4.78 is 0. The smallest absolute Gasteiger partial charge is 0.185 e. The Labute approximate surface area is 96.8 Å². The highest BCUT2D eigenvalue weighted by Crippen LogP contribution is 2.18. The van der Waals surface area contributed by atoms with Crippen LogP contribution in [0.25, 0.3) is 0 Å². The lowest BCUT2D eigenvalue weighted by molar-refractivity contribution is 0.0963. The van der Waals surface area contributed by atoms with Crippen LogP contribution >= 0.6 is 11.6 Å². The average molecular weight is 237 g/mol. The number of nitrogens with one attached hydrogen (secondary N) is 1. The molecule has 5 nitrogen and oxygen atoms in total. The lowest BCUT2D eigenvalue weighted by atomic mass is 9.99. The fourth-order valence-corrected chi connectivity index (χ4v) is 1.46. The highest BCUT2D eigenvalue weighted by Gasteiger charge is 2.20. The van der Waals surface area contributed by atoms with Crippen molar-refractivity contribution in [1.82, 2.24) is 20.6 Å². The van der Waals surface area contributed by atoms with E-state index in [1.54, 1.807) is 31.2 Å². The summed E-state index contributed by atoms with van der Waals surface area (Å²) in [6.07, 6.45) is 0. The molecule has 2 aromatic rings. The first-order valence-corrected chi connectivity index (χ1v) is 5.09. The molecule has 0 amide bonds. The molecule has 0 aliphatic heterocycles. The molecule has 82 valence electrons.